The van der Waals surface area contributed by atoms with Gasteiger partial charge in [-0.05, 0) is 25.0 Å². The van der Waals surface area contributed by atoms with Crippen molar-refractivity contribution < 1.29 is 31.1 Å². The van der Waals surface area contributed by atoms with Gasteiger partial charge < -0.3 is 4.74 Å². The summed E-state index contributed by atoms with van der Waals surface area (Å²) in [6.45, 7) is 3.08. The van der Waals surface area contributed by atoms with Crippen LogP contribution < -0.4 is 0 Å². The molecule has 1 aromatic rings. The zero-order valence-corrected chi connectivity index (χ0v) is 14.3. The summed E-state index contributed by atoms with van der Waals surface area (Å²) in [5.41, 5.74) is -0.905. The standard InChI is InChI=1S/C15H20F3NO4S/c1-3-8-19(10-14(20)23-4-2)24(21,22)11-12-6-5-7-13(9-12)15(16,17)18/h5-7,9H,3-4,8,10-11H2,1-2H3. The van der Waals surface area contributed by atoms with Crippen molar-refractivity contribution in [1.82, 2.24) is 4.31 Å². The molecular weight excluding hydrogens is 347 g/mol. The van der Waals surface area contributed by atoms with Gasteiger partial charge in [-0.15, -0.1) is 0 Å². The fourth-order valence-electron chi connectivity index (χ4n) is 2.06. The first-order chi connectivity index (χ1) is 11.1. The first-order valence-electron chi connectivity index (χ1n) is 7.39. The van der Waals surface area contributed by atoms with E-state index in [-0.39, 0.29) is 18.7 Å². The molecule has 0 radical (unpaired) electrons. The van der Waals surface area contributed by atoms with E-state index in [0.29, 0.717) is 6.42 Å². The molecule has 0 fully saturated rings. The molecule has 0 heterocycles. The van der Waals surface area contributed by atoms with Crippen LogP contribution in [0.2, 0.25) is 0 Å². The van der Waals surface area contributed by atoms with E-state index >= 15 is 0 Å². The summed E-state index contributed by atoms with van der Waals surface area (Å²) in [5.74, 6) is -1.31. The summed E-state index contributed by atoms with van der Waals surface area (Å²) >= 11 is 0. The molecule has 1 aromatic carbocycles. The highest BCUT2D eigenvalue weighted by atomic mass is 32.2. The van der Waals surface area contributed by atoms with E-state index in [1.807, 2.05) is 0 Å². The van der Waals surface area contributed by atoms with Gasteiger partial charge in [-0.25, -0.2) is 8.42 Å². The van der Waals surface area contributed by atoms with Crippen LogP contribution in [0.25, 0.3) is 0 Å². The maximum atomic E-state index is 12.7. The molecule has 136 valence electrons. The predicted molar refractivity (Wildman–Crippen MR) is 82.6 cm³/mol. The second-order valence-corrected chi connectivity index (χ2v) is 7.06. The number of hydrogen-bond acceptors (Lipinski definition) is 4. The first-order valence-corrected chi connectivity index (χ1v) is 9.00. The Kier molecular flexibility index (Phi) is 7.22. The minimum absolute atomic E-state index is 0.00906. The van der Waals surface area contributed by atoms with Crippen molar-refractivity contribution in [3.8, 4) is 0 Å². The maximum Gasteiger partial charge on any atom is 0.416 e. The molecule has 0 amide bonds. The van der Waals surface area contributed by atoms with E-state index in [1.165, 1.54) is 6.07 Å². The van der Waals surface area contributed by atoms with Gasteiger partial charge in [-0.3, -0.25) is 4.79 Å². The fraction of sp³-hybridized carbons (Fsp3) is 0.533. The van der Waals surface area contributed by atoms with Crippen molar-refractivity contribution in [2.24, 2.45) is 0 Å². The Morgan fingerprint density at radius 1 is 1.25 bits per heavy atom. The second-order valence-electron chi connectivity index (χ2n) is 5.09. The van der Waals surface area contributed by atoms with Crippen LogP contribution in [0.3, 0.4) is 0 Å². The molecule has 24 heavy (non-hydrogen) atoms. The van der Waals surface area contributed by atoms with E-state index in [4.69, 9.17) is 4.74 Å². The van der Waals surface area contributed by atoms with Crippen LogP contribution >= 0.6 is 0 Å². The Hall–Kier alpha value is -1.61. The smallest absolute Gasteiger partial charge is 0.416 e. The van der Waals surface area contributed by atoms with Crippen LogP contribution in [-0.2, 0) is 31.5 Å². The molecule has 0 aromatic heterocycles. The van der Waals surface area contributed by atoms with Gasteiger partial charge in [-0.1, -0.05) is 25.1 Å². The van der Waals surface area contributed by atoms with Crippen molar-refractivity contribution in [3.05, 3.63) is 35.4 Å². The largest absolute Gasteiger partial charge is 0.465 e. The van der Waals surface area contributed by atoms with Gasteiger partial charge in [0.25, 0.3) is 0 Å². The van der Waals surface area contributed by atoms with E-state index in [2.05, 4.69) is 0 Å². The molecule has 0 aliphatic heterocycles. The van der Waals surface area contributed by atoms with Gasteiger partial charge in [0.05, 0.1) is 17.9 Å². The average molecular weight is 367 g/mol. The number of carbonyl (C=O) groups is 1. The number of hydrogen-bond donors (Lipinski definition) is 0. The Morgan fingerprint density at radius 3 is 2.46 bits per heavy atom. The van der Waals surface area contributed by atoms with Crippen LogP contribution in [0.1, 0.15) is 31.4 Å². The summed E-state index contributed by atoms with van der Waals surface area (Å²) in [5, 5.41) is 0. The quantitative estimate of drug-likeness (QED) is 0.663. The summed E-state index contributed by atoms with van der Waals surface area (Å²) in [4.78, 5) is 11.5. The van der Waals surface area contributed by atoms with Crippen molar-refractivity contribution >= 4 is 16.0 Å². The molecule has 0 N–H and O–H groups in total. The van der Waals surface area contributed by atoms with E-state index < -0.39 is 40.0 Å². The van der Waals surface area contributed by atoms with Gasteiger partial charge in [0.1, 0.15) is 6.54 Å². The molecule has 0 aliphatic carbocycles. The molecule has 0 unspecified atom stereocenters. The third kappa shape index (κ3) is 6.12. The zero-order chi connectivity index (χ0) is 18.4. The van der Waals surface area contributed by atoms with Crippen LogP contribution in [-0.4, -0.2) is 38.4 Å². The molecule has 9 heteroatoms. The lowest BCUT2D eigenvalue weighted by Crippen LogP contribution is -2.37. The average Bonchev–Trinajstić information content (AvgIpc) is 2.46. The Morgan fingerprint density at radius 2 is 1.92 bits per heavy atom. The zero-order valence-electron chi connectivity index (χ0n) is 13.5. The van der Waals surface area contributed by atoms with Crippen LogP contribution in [0.15, 0.2) is 24.3 Å². The number of alkyl halides is 3. The molecular formula is C15H20F3NO4S. The molecule has 0 saturated carbocycles. The number of halogens is 3. The number of carbonyl (C=O) groups excluding carboxylic acids is 1. The number of rotatable bonds is 8. The van der Waals surface area contributed by atoms with Gasteiger partial charge >= 0.3 is 12.1 Å². The maximum absolute atomic E-state index is 12.7. The Bertz CT molecular complexity index is 659. The summed E-state index contributed by atoms with van der Waals surface area (Å²) in [7, 11) is -3.95. The summed E-state index contributed by atoms with van der Waals surface area (Å²) in [6.07, 6.45) is -4.09. The Balaban J connectivity index is 2.98. The third-order valence-electron chi connectivity index (χ3n) is 3.08. The normalized spacial score (nSPS) is 12.4. The molecule has 0 bridgehead atoms. The lowest BCUT2D eigenvalue weighted by molar-refractivity contribution is -0.143. The van der Waals surface area contributed by atoms with Crippen LogP contribution in [0, 0.1) is 0 Å². The van der Waals surface area contributed by atoms with Gasteiger partial charge in [-0.2, -0.15) is 17.5 Å². The second kappa shape index (κ2) is 8.48. The van der Waals surface area contributed by atoms with Crippen molar-refractivity contribution in [1.29, 1.82) is 0 Å². The van der Waals surface area contributed by atoms with E-state index in [1.54, 1.807) is 13.8 Å². The number of benzene rings is 1. The number of ether oxygens (including phenoxy) is 1. The lowest BCUT2D eigenvalue weighted by atomic mass is 10.1. The Labute approximate surface area is 139 Å². The SMILES string of the molecule is CCCN(CC(=O)OCC)S(=O)(=O)Cc1cccc(C(F)(F)F)c1. The lowest BCUT2D eigenvalue weighted by Gasteiger charge is -2.21. The first kappa shape index (κ1) is 20.4. The number of sulfonamides is 1. The molecule has 0 saturated heterocycles. The molecule has 5 nitrogen and oxygen atoms in total. The fourth-order valence-corrected chi connectivity index (χ4v) is 3.60. The van der Waals surface area contributed by atoms with Gasteiger partial charge in [0.2, 0.25) is 10.0 Å². The van der Waals surface area contributed by atoms with E-state index in [9.17, 15) is 26.4 Å². The minimum Gasteiger partial charge on any atom is -0.465 e. The van der Waals surface area contributed by atoms with Gasteiger partial charge in [0, 0.05) is 6.54 Å². The van der Waals surface area contributed by atoms with Crippen molar-refractivity contribution in [2.45, 2.75) is 32.2 Å². The monoisotopic (exact) mass is 367 g/mol. The highest BCUT2D eigenvalue weighted by Crippen LogP contribution is 2.30. The highest BCUT2D eigenvalue weighted by Gasteiger charge is 2.31. The number of esters is 1. The van der Waals surface area contributed by atoms with Crippen molar-refractivity contribution in [3.63, 3.8) is 0 Å². The molecule has 1 rings (SSSR count). The van der Waals surface area contributed by atoms with Crippen LogP contribution in [0.5, 0.6) is 0 Å². The van der Waals surface area contributed by atoms with Gasteiger partial charge in [0.15, 0.2) is 0 Å². The number of nitrogens with zero attached hydrogens (tertiary/aromatic N) is 1. The van der Waals surface area contributed by atoms with Crippen LogP contribution in [0.4, 0.5) is 13.2 Å². The minimum atomic E-state index is -4.55. The topological polar surface area (TPSA) is 63.7 Å². The predicted octanol–water partition coefficient (Wildman–Crippen LogP) is 2.81. The third-order valence-corrected chi connectivity index (χ3v) is 4.88. The van der Waals surface area contributed by atoms with Crippen molar-refractivity contribution in [2.75, 3.05) is 19.7 Å². The summed E-state index contributed by atoms with van der Waals surface area (Å²) < 4.78 is 68.7. The van der Waals surface area contributed by atoms with E-state index in [0.717, 1.165) is 22.5 Å². The molecule has 0 atom stereocenters. The molecule has 0 spiro atoms. The highest BCUT2D eigenvalue weighted by molar-refractivity contribution is 7.88. The summed E-state index contributed by atoms with van der Waals surface area (Å²) in [6, 6.07) is 4.13. The molecule has 0 aliphatic rings.